The maximum Gasteiger partial charge on any atom is 0.297 e. The minimum atomic E-state index is -1.91. The van der Waals surface area contributed by atoms with Crippen LogP contribution in [0.25, 0.3) is 5.69 Å². The number of fused-ring (bicyclic) bond motifs is 1. The van der Waals surface area contributed by atoms with Crippen molar-refractivity contribution in [2.75, 3.05) is 32.3 Å². The van der Waals surface area contributed by atoms with Crippen LogP contribution in [0.1, 0.15) is 30.0 Å². The Morgan fingerprint density at radius 3 is 2.38 bits per heavy atom. The number of methoxy groups -OCH3 is 2. The SMILES string of the molecule is COc1ccc2c(c1)[C@@](O)([C@H](C)/C=C/CC(=O)N(CCO)Cc1ccccc1)C(=O)N2Cc1ccc(-n2cccc(OC)c2=O)cc1. The Labute approximate surface area is 273 Å². The van der Waals surface area contributed by atoms with Gasteiger partial charge in [-0.3, -0.25) is 19.0 Å². The Balaban J connectivity index is 1.35. The predicted molar refractivity (Wildman–Crippen MR) is 179 cm³/mol. The zero-order chi connectivity index (χ0) is 33.6. The summed E-state index contributed by atoms with van der Waals surface area (Å²) in [6.07, 6.45) is 5.04. The van der Waals surface area contributed by atoms with Crippen LogP contribution in [-0.2, 0) is 28.3 Å². The van der Waals surface area contributed by atoms with Gasteiger partial charge in [0, 0.05) is 42.9 Å². The maximum absolute atomic E-state index is 14.1. The molecule has 10 nitrogen and oxygen atoms in total. The number of carbonyl (C=O) groups is 2. The molecular weight excluding hydrogens is 598 g/mol. The molecule has 0 radical (unpaired) electrons. The highest BCUT2D eigenvalue weighted by molar-refractivity contribution is 6.07. The van der Waals surface area contributed by atoms with Gasteiger partial charge in [0.2, 0.25) is 5.91 Å². The Bertz CT molecular complexity index is 1800. The molecular formula is C37H39N3O7. The zero-order valence-electron chi connectivity index (χ0n) is 26.7. The molecule has 2 atom stereocenters. The quantitative estimate of drug-likeness (QED) is 0.211. The summed E-state index contributed by atoms with van der Waals surface area (Å²) in [5.41, 5.74) is 1.16. The number of hydrogen-bond acceptors (Lipinski definition) is 7. The van der Waals surface area contributed by atoms with Gasteiger partial charge in [-0.1, -0.05) is 61.5 Å². The number of aromatic nitrogens is 1. The third-order valence-corrected chi connectivity index (χ3v) is 8.48. The summed E-state index contributed by atoms with van der Waals surface area (Å²) in [5.74, 6) is -0.645. The molecule has 10 heteroatoms. The van der Waals surface area contributed by atoms with Gasteiger partial charge in [0.25, 0.3) is 11.5 Å². The van der Waals surface area contributed by atoms with E-state index in [0.29, 0.717) is 29.2 Å². The van der Waals surface area contributed by atoms with Crippen LogP contribution >= 0.6 is 0 Å². The number of benzene rings is 3. The van der Waals surface area contributed by atoms with Crippen molar-refractivity contribution in [1.82, 2.24) is 9.47 Å². The van der Waals surface area contributed by atoms with E-state index in [0.717, 1.165) is 11.1 Å². The second-order valence-electron chi connectivity index (χ2n) is 11.4. The first kappa shape index (κ1) is 33.2. The van der Waals surface area contributed by atoms with E-state index in [-0.39, 0.29) is 43.3 Å². The number of aliphatic hydroxyl groups is 2. The summed E-state index contributed by atoms with van der Waals surface area (Å²) in [7, 11) is 2.97. The number of anilines is 1. The maximum atomic E-state index is 14.1. The normalized spacial score (nSPS) is 16.3. The lowest BCUT2D eigenvalue weighted by Crippen LogP contribution is -2.44. The van der Waals surface area contributed by atoms with Crippen LogP contribution in [0.5, 0.6) is 11.5 Å². The highest BCUT2D eigenvalue weighted by atomic mass is 16.5. The van der Waals surface area contributed by atoms with Crippen LogP contribution < -0.4 is 19.9 Å². The van der Waals surface area contributed by atoms with Crippen LogP contribution in [0.4, 0.5) is 5.69 Å². The first-order valence-corrected chi connectivity index (χ1v) is 15.4. The van der Waals surface area contributed by atoms with E-state index in [1.165, 1.54) is 18.8 Å². The second kappa shape index (κ2) is 14.5. The molecule has 47 heavy (non-hydrogen) atoms. The molecule has 3 aromatic carbocycles. The molecule has 1 aliphatic heterocycles. The lowest BCUT2D eigenvalue weighted by atomic mass is 9.83. The van der Waals surface area contributed by atoms with Crippen LogP contribution in [0.15, 0.2) is 108 Å². The lowest BCUT2D eigenvalue weighted by molar-refractivity contribution is -0.139. The molecule has 0 unspecified atom stereocenters. The summed E-state index contributed by atoms with van der Waals surface area (Å²) >= 11 is 0. The van der Waals surface area contributed by atoms with E-state index in [1.54, 1.807) is 77.5 Å². The molecule has 0 saturated carbocycles. The average Bonchev–Trinajstić information content (AvgIpc) is 3.30. The molecule has 0 saturated heterocycles. The smallest absolute Gasteiger partial charge is 0.297 e. The second-order valence-corrected chi connectivity index (χ2v) is 11.4. The van der Waals surface area contributed by atoms with Crippen molar-refractivity contribution < 1.29 is 29.3 Å². The van der Waals surface area contributed by atoms with Crippen molar-refractivity contribution in [2.45, 2.75) is 32.0 Å². The molecule has 0 spiro atoms. The number of nitrogens with zero attached hydrogens (tertiary/aromatic N) is 3. The van der Waals surface area contributed by atoms with Gasteiger partial charge in [0.15, 0.2) is 11.4 Å². The minimum Gasteiger partial charge on any atom is -0.497 e. The molecule has 1 aromatic heterocycles. The topological polar surface area (TPSA) is 122 Å². The summed E-state index contributed by atoms with van der Waals surface area (Å²) < 4.78 is 12.1. The largest absolute Gasteiger partial charge is 0.497 e. The van der Waals surface area contributed by atoms with E-state index in [4.69, 9.17) is 9.47 Å². The summed E-state index contributed by atoms with van der Waals surface area (Å²) in [5, 5.41) is 21.6. The van der Waals surface area contributed by atoms with Gasteiger partial charge in [0.05, 0.1) is 33.1 Å². The van der Waals surface area contributed by atoms with E-state index in [1.807, 2.05) is 42.5 Å². The van der Waals surface area contributed by atoms with E-state index < -0.39 is 17.4 Å². The highest BCUT2D eigenvalue weighted by Gasteiger charge is 2.52. The number of pyridine rings is 1. The third kappa shape index (κ3) is 6.84. The monoisotopic (exact) mass is 637 g/mol. The van der Waals surface area contributed by atoms with Crippen molar-refractivity contribution in [3.05, 3.63) is 130 Å². The molecule has 2 amide bonds. The molecule has 4 aromatic rings. The van der Waals surface area contributed by atoms with Gasteiger partial charge < -0.3 is 29.5 Å². The first-order valence-electron chi connectivity index (χ1n) is 15.4. The van der Waals surface area contributed by atoms with Crippen molar-refractivity contribution in [3.63, 3.8) is 0 Å². The summed E-state index contributed by atoms with van der Waals surface area (Å²) in [6.45, 7) is 2.31. The van der Waals surface area contributed by atoms with Crippen molar-refractivity contribution >= 4 is 17.5 Å². The van der Waals surface area contributed by atoms with Gasteiger partial charge in [0.1, 0.15) is 5.75 Å². The predicted octanol–water partition coefficient (Wildman–Crippen LogP) is 4.19. The Morgan fingerprint density at radius 1 is 0.957 bits per heavy atom. The molecule has 1 aliphatic rings. The van der Waals surface area contributed by atoms with Gasteiger partial charge in [-0.15, -0.1) is 0 Å². The molecule has 0 bridgehead atoms. The van der Waals surface area contributed by atoms with Crippen LogP contribution in [0.2, 0.25) is 0 Å². The molecule has 2 N–H and O–H groups in total. The van der Waals surface area contributed by atoms with Crippen LogP contribution in [0.3, 0.4) is 0 Å². The number of rotatable bonds is 13. The number of ether oxygens (including phenoxy) is 2. The minimum absolute atomic E-state index is 0.0405. The Morgan fingerprint density at radius 2 is 1.70 bits per heavy atom. The first-order chi connectivity index (χ1) is 22.7. The number of hydrogen-bond donors (Lipinski definition) is 2. The van der Waals surface area contributed by atoms with E-state index >= 15 is 0 Å². The fourth-order valence-corrected chi connectivity index (χ4v) is 5.85. The summed E-state index contributed by atoms with van der Waals surface area (Å²) in [4.78, 5) is 43.0. The van der Waals surface area contributed by atoms with Gasteiger partial charge in [-0.2, -0.15) is 0 Å². The fraction of sp³-hybridized carbons (Fsp3) is 0.270. The average molecular weight is 638 g/mol. The van der Waals surface area contributed by atoms with Crippen LogP contribution in [0, 0.1) is 5.92 Å². The van der Waals surface area contributed by atoms with E-state index in [9.17, 15) is 24.6 Å². The van der Waals surface area contributed by atoms with Crippen LogP contribution in [-0.4, -0.2) is 58.9 Å². The molecule has 0 fully saturated rings. The van der Waals surface area contributed by atoms with Gasteiger partial charge in [-0.05, 0) is 53.6 Å². The molecule has 2 heterocycles. The standard InChI is InChI=1S/C37H39N3O7/c1-26(9-7-13-34(42)38(21-22-41)24-27-10-5-4-6-11-27)37(45)31-23-30(46-2)18-19-32(31)40(36(37)44)25-28-14-16-29(17-15-28)39-20-8-12-33(47-3)35(39)43/h4-12,14-20,23,26,41,45H,13,21-22,24-25H2,1-3H3/b9-7+/t26-,37+/m1/s1. The molecule has 5 rings (SSSR count). The van der Waals surface area contributed by atoms with Gasteiger partial charge in [-0.25, -0.2) is 0 Å². The lowest BCUT2D eigenvalue weighted by Gasteiger charge is -2.28. The Kier molecular flexibility index (Phi) is 10.2. The van der Waals surface area contributed by atoms with Crippen molar-refractivity contribution in [1.29, 1.82) is 0 Å². The number of amides is 2. The number of aliphatic hydroxyl groups excluding tert-OH is 1. The Hall–Kier alpha value is -5.19. The van der Waals surface area contributed by atoms with Crippen molar-refractivity contribution in [3.8, 4) is 17.2 Å². The molecule has 0 aliphatic carbocycles. The van der Waals surface area contributed by atoms with E-state index in [2.05, 4.69) is 0 Å². The number of carbonyl (C=O) groups excluding carboxylic acids is 2. The third-order valence-electron chi connectivity index (χ3n) is 8.48. The highest BCUT2D eigenvalue weighted by Crippen LogP contribution is 2.47. The van der Waals surface area contributed by atoms with Gasteiger partial charge >= 0.3 is 0 Å². The zero-order valence-corrected chi connectivity index (χ0v) is 26.7. The molecule has 244 valence electrons. The fourth-order valence-electron chi connectivity index (χ4n) is 5.85. The summed E-state index contributed by atoms with van der Waals surface area (Å²) in [6, 6.07) is 25.3. The van der Waals surface area contributed by atoms with Crippen molar-refractivity contribution in [2.24, 2.45) is 5.92 Å².